The Balaban J connectivity index is 1.51. The molecular formula is C34H20N4O. The number of rotatable bonds is 4. The number of hydrogen-bond acceptors (Lipinski definition) is 5. The fourth-order valence-corrected chi connectivity index (χ4v) is 4.83. The summed E-state index contributed by atoms with van der Waals surface area (Å²) in [6, 6.07) is 41.8. The van der Waals surface area contributed by atoms with Crippen LogP contribution in [0.1, 0.15) is 5.56 Å². The van der Waals surface area contributed by atoms with Gasteiger partial charge in [0, 0.05) is 33.0 Å². The zero-order valence-electron chi connectivity index (χ0n) is 20.7. The monoisotopic (exact) mass is 500 g/mol. The van der Waals surface area contributed by atoms with E-state index in [-0.39, 0.29) is 0 Å². The molecule has 0 fully saturated rings. The molecule has 0 saturated carbocycles. The average Bonchev–Trinajstić information content (AvgIpc) is 3.40. The number of aromatic nitrogens is 3. The van der Waals surface area contributed by atoms with E-state index in [1.165, 1.54) is 0 Å². The van der Waals surface area contributed by atoms with Gasteiger partial charge < -0.3 is 4.42 Å². The van der Waals surface area contributed by atoms with Crippen LogP contribution >= 0.6 is 0 Å². The van der Waals surface area contributed by atoms with Gasteiger partial charge in [0.25, 0.3) is 0 Å². The summed E-state index contributed by atoms with van der Waals surface area (Å²) in [5.41, 5.74) is 6.74. The Bertz CT molecular complexity index is 1950. The van der Waals surface area contributed by atoms with Crippen LogP contribution in [0.4, 0.5) is 0 Å². The molecule has 7 aromatic rings. The van der Waals surface area contributed by atoms with Gasteiger partial charge in [-0.05, 0) is 35.9 Å². The third-order valence-electron chi connectivity index (χ3n) is 6.76. The van der Waals surface area contributed by atoms with Crippen LogP contribution in [-0.2, 0) is 0 Å². The molecule has 0 spiro atoms. The largest absolute Gasteiger partial charge is 0.455 e. The Morgan fingerprint density at radius 2 is 1.08 bits per heavy atom. The second kappa shape index (κ2) is 9.37. The number of para-hydroxylation sites is 1. The van der Waals surface area contributed by atoms with Crippen LogP contribution in [-0.4, -0.2) is 15.0 Å². The summed E-state index contributed by atoms with van der Waals surface area (Å²) < 4.78 is 6.35. The lowest BCUT2D eigenvalue weighted by Crippen LogP contribution is -2.00. The zero-order chi connectivity index (χ0) is 26.2. The maximum absolute atomic E-state index is 9.31. The number of hydrogen-bond donors (Lipinski definition) is 0. The molecule has 0 radical (unpaired) electrons. The van der Waals surface area contributed by atoms with Crippen LogP contribution in [0.3, 0.4) is 0 Å². The lowest BCUT2D eigenvalue weighted by Gasteiger charge is -2.10. The predicted octanol–water partition coefficient (Wildman–Crippen LogP) is 8.31. The highest BCUT2D eigenvalue weighted by molar-refractivity contribution is 6.11. The minimum absolute atomic E-state index is 0.574. The molecule has 0 unspecified atom stereocenters. The van der Waals surface area contributed by atoms with Crippen LogP contribution < -0.4 is 0 Å². The van der Waals surface area contributed by atoms with Crippen molar-refractivity contribution in [2.24, 2.45) is 0 Å². The maximum atomic E-state index is 9.31. The fraction of sp³-hybridized carbons (Fsp3) is 0. The van der Waals surface area contributed by atoms with Crippen LogP contribution in [0.25, 0.3) is 67.2 Å². The van der Waals surface area contributed by atoms with E-state index >= 15 is 0 Å². The molecule has 0 aliphatic carbocycles. The van der Waals surface area contributed by atoms with Gasteiger partial charge in [0.05, 0.1) is 11.6 Å². The standard InChI is InChI=1S/C34H20N4O/c35-21-22-15-17-23(18-16-22)28-19-26(20-29-27-13-7-8-14-30(27)39-31(28)29)34-37-32(24-9-3-1-4-10-24)36-33(38-34)25-11-5-2-6-12-25/h1-20H. The summed E-state index contributed by atoms with van der Waals surface area (Å²) in [6.45, 7) is 0. The summed E-state index contributed by atoms with van der Waals surface area (Å²) in [5.74, 6) is 1.79. The van der Waals surface area contributed by atoms with E-state index in [0.29, 0.717) is 23.0 Å². The molecule has 5 aromatic carbocycles. The predicted molar refractivity (Wildman–Crippen MR) is 154 cm³/mol. The van der Waals surface area contributed by atoms with Crippen molar-refractivity contribution in [3.05, 3.63) is 127 Å². The van der Waals surface area contributed by atoms with E-state index in [1.807, 2.05) is 103 Å². The van der Waals surface area contributed by atoms with Gasteiger partial charge in [-0.15, -0.1) is 0 Å². The summed E-state index contributed by atoms with van der Waals surface area (Å²) >= 11 is 0. The van der Waals surface area contributed by atoms with Crippen LogP contribution in [0.2, 0.25) is 0 Å². The number of benzene rings is 5. The van der Waals surface area contributed by atoms with E-state index in [4.69, 9.17) is 19.4 Å². The van der Waals surface area contributed by atoms with Gasteiger partial charge in [0.15, 0.2) is 17.5 Å². The van der Waals surface area contributed by atoms with Crippen molar-refractivity contribution in [2.45, 2.75) is 0 Å². The highest BCUT2D eigenvalue weighted by Crippen LogP contribution is 2.39. The third kappa shape index (κ3) is 4.11. The summed E-state index contributed by atoms with van der Waals surface area (Å²) in [7, 11) is 0. The Labute approximate surface area is 224 Å². The SMILES string of the molecule is N#Cc1ccc(-c2cc(-c3nc(-c4ccccc4)nc(-c4ccccc4)n3)cc3c2oc2ccccc23)cc1. The van der Waals surface area contributed by atoms with Crippen molar-refractivity contribution >= 4 is 21.9 Å². The topological polar surface area (TPSA) is 75.6 Å². The second-order valence-electron chi connectivity index (χ2n) is 9.23. The molecule has 0 amide bonds. The van der Waals surface area contributed by atoms with Gasteiger partial charge in [0.2, 0.25) is 0 Å². The number of nitriles is 1. The Morgan fingerprint density at radius 3 is 1.69 bits per heavy atom. The molecule has 7 rings (SSSR count). The highest BCUT2D eigenvalue weighted by atomic mass is 16.3. The van der Waals surface area contributed by atoms with Gasteiger partial charge in [0.1, 0.15) is 11.2 Å². The normalized spacial score (nSPS) is 11.1. The fourth-order valence-electron chi connectivity index (χ4n) is 4.83. The van der Waals surface area contributed by atoms with Crippen molar-refractivity contribution in [2.75, 3.05) is 0 Å². The second-order valence-corrected chi connectivity index (χ2v) is 9.23. The van der Waals surface area contributed by atoms with Crippen molar-refractivity contribution in [3.8, 4) is 51.4 Å². The smallest absolute Gasteiger partial charge is 0.164 e. The average molecular weight is 501 g/mol. The third-order valence-corrected chi connectivity index (χ3v) is 6.76. The number of furan rings is 1. The van der Waals surface area contributed by atoms with Crippen molar-refractivity contribution in [3.63, 3.8) is 0 Å². The van der Waals surface area contributed by atoms with Crippen molar-refractivity contribution < 1.29 is 4.42 Å². The molecule has 0 aliphatic heterocycles. The van der Waals surface area contributed by atoms with Crippen LogP contribution in [0.5, 0.6) is 0 Å². The zero-order valence-corrected chi connectivity index (χ0v) is 20.7. The molecule has 0 N–H and O–H groups in total. The first kappa shape index (κ1) is 22.6. The van der Waals surface area contributed by atoms with Gasteiger partial charge >= 0.3 is 0 Å². The van der Waals surface area contributed by atoms with E-state index in [9.17, 15) is 5.26 Å². The minimum Gasteiger partial charge on any atom is -0.455 e. The molecule has 0 atom stereocenters. The Hall–Kier alpha value is -5.60. The first-order valence-corrected chi connectivity index (χ1v) is 12.6. The molecule has 2 aromatic heterocycles. The molecule has 5 nitrogen and oxygen atoms in total. The number of fused-ring (bicyclic) bond motifs is 3. The van der Waals surface area contributed by atoms with E-state index in [1.54, 1.807) is 0 Å². The Kier molecular flexibility index (Phi) is 5.42. The van der Waals surface area contributed by atoms with Gasteiger partial charge in [-0.25, -0.2) is 15.0 Å². The van der Waals surface area contributed by atoms with Gasteiger partial charge in [-0.2, -0.15) is 5.26 Å². The molecule has 5 heteroatoms. The summed E-state index contributed by atoms with van der Waals surface area (Å²) in [6.07, 6.45) is 0. The molecule has 39 heavy (non-hydrogen) atoms. The van der Waals surface area contributed by atoms with Crippen LogP contribution in [0, 0.1) is 11.3 Å². The lowest BCUT2D eigenvalue weighted by molar-refractivity contribution is 0.670. The molecule has 0 aliphatic rings. The Morgan fingerprint density at radius 1 is 0.513 bits per heavy atom. The van der Waals surface area contributed by atoms with Crippen molar-refractivity contribution in [1.82, 2.24) is 15.0 Å². The number of nitrogens with zero attached hydrogens (tertiary/aromatic N) is 4. The first-order valence-electron chi connectivity index (χ1n) is 12.6. The summed E-state index contributed by atoms with van der Waals surface area (Å²) in [4.78, 5) is 14.7. The molecular weight excluding hydrogens is 480 g/mol. The molecule has 0 bridgehead atoms. The van der Waals surface area contributed by atoms with Gasteiger partial charge in [-0.1, -0.05) is 91.0 Å². The maximum Gasteiger partial charge on any atom is 0.164 e. The van der Waals surface area contributed by atoms with E-state index < -0.39 is 0 Å². The quantitative estimate of drug-likeness (QED) is 0.243. The van der Waals surface area contributed by atoms with Gasteiger partial charge in [-0.3, -0.25) is 0 Å². The highest BCUT2D eigenvalue weighted by Gasteiger charge is 2.18. The van der Waals surface area contributed by atoms with Crippen LogP contribution in [0.15, 0.2) is 126 Å². The minimum atomic E-state index is 0.574. The summed E-state index contributed by atoms with van der Waals surface area (Å²) in [5, 5.41) is 11.3. The van der Waals surface area contributed by atoms with E-state index in [2.05, 4.69) is 24.3 Å². The molecule has 2 heterocycles. The molecule has 182 valence electrons. The van der Waals surface area contributed by atoms with Crippen molar-refractivity contribution in [1.29, 1.82) is 5.26 Å². The molecule has 0 saturated heterocycles. The lowest BCUT2D eigenvalue weighted by atomic mass is 9.98. The van der Waals surface area contributed by atoms with E-state index in [0.717, 1.165) is 49.8 Å². The first-order chi connectivity index (χ1) is 19.3.